The van der Waals surface area contributed by atoms with Gasteiger partial charge in [-0.05, 0) is 29.7 Å². The molecular weight excluding hydrogens is 288 g/mol. The number of fused-ring (bicyclic) bond motifs is 1. The van der Waals surface area contributed by atoms with E-state index in [0.29, 0.717) is 5.90 Å². The van der Waals surface area contributed by atoms with E-state index in [1.165, 1.54) is 6.42 Å². The molecule has 0 unspecified atom stereocenters. The Morgan fingerprint density at radius 2 is 1.83 bits per heavy atom. The number of hydrazone groups is 1. The average molecular weight is 308 g/mol. The van der Waals surface area contributed by atoms with Crippen LogP contribution in [0.5, 0.6) is 0 Å². The number of nitrogens with zero attached hydrogens (tertiary/aromatic N) is 2. The predicted molar refractivity (Wildman–Crippen MR) is 89.9 cm³/mol. The molecule has 0 aromatic heterocycles. The summed E-state index contributed by atoms with van der Waals surface area (Å²) < 4.78 is 6.31. The van der Waals surface area contributed by atoms with Crippen LogP contribution in [0.3, 0.4) is 0 Å². The summed E-state index contributed by atoms with van der Waals surface area (Å²) in [5.74, 6) is 0.515. The Morgan fingerprint density at radius 3 is 2.61 bits per heavy atom. The third-order valence-corrected chi connectivity index (χ3v) is 4.82. The third kappa shape index (κ3) is 2.29. The molecular formula is C19H20N2O2. The van der Waals surface area contributed by atoms with Gasteiger partial charge in [0.15, 0.2) is 0 Å². The standard InChI is InChI=1S/C19H20N2O2/c1-14(22)21-19(12-5-2-6-13-19)23-18(20-21)17-11-7-9-15-8-3-4-10-16(15)17/h3-4,7-11H,2,5-6,12-13H2,1H3. The van der Waals surface area contributed by atoms with E-state index in [2.05, 4.69) is 23.3 Å². The Labute approximate surface area is 135 Å². The molecule has 0 radical (unpaired) electrons. The van der Waals surface area contributed by atoms with Crippen molar-refractivity contribution in [3.05, 3.63) is 48.0 Å². The number of amides is 1. The molecule has 1 fully saturated rings. The van der Waals surface area contributed by atoms with Gasteiger partial charge in [0.25, 0.3) is 0 Å². The highest BCUT2D eigenvalue weighted by atomic mass is 16.6. The molecule has 0 bridgehead atoms. The fraction of sp³-hybridized carbons (Fsp3) is 0.368. The SMILES string of the molecule is CC(=O)N1N=C(c2cccc3ccccc23)OC12CCCCC2. The summed E-state index contributed by atoms with van der Waals surface area (Å²) in [5.41, 5.74) is 0.382. The molecule has 1 saturated carbocycles. The highest BCUT2D eigenvalue weighted by Gasteiger charge is 2.47. The van der Waals surface area contributed by atoms with Gasteiger partial charge >= 0.3 is 0 Å². The van der Waals surface area contributed by atoms with Crippen molar-refractivity contribution < 1.29 is 9.53 Å². The molecule has 4 nitrogen and oxygen atoms in total. The normalized spacial score (nSPS) is 19.7. The molecule has 4 rings (SSSR count). The molecule has 1 amide bonds. The van der Waals surface area contributed by atoms with Crippen molar-refractivity contribution in [3.63, 3.8) is 0 Å². The molecule has 0 atom stereocenters. The number of rotatable bonds is 1. The Morgan fingerprint density at radius 1 is 1.09 bits per heavy atom. The van der Waals surface area contributed by atoms with E-state index in [1.807, 2.05) is 24.3 Å². The first-order chi connectivity index (χ1) is 11.2. The molecule has 1 aliphatic heterocycles. The van der Waals surface area contributed by atoms with E-state index >= 15 is 0 Å². The highest BCUT2D eigenvalue weighted by Crippen LogP contribution is 2.40. The van der Waals surface area contributed by atoms with Gasteiger partial charge in [0.05, 0.1) is 0 Å². The lowest BCUT2D eigenvalue weighted by molar-refractivity contribution is -0.151. The molecule has 2 aromatic rings. The minimum Gasteiger partial charge on any atom is -0.447 e. The van der Waals surface area contributed by atoms with Crippen molar-refractivity contribution in [2.75, 3.05) is 0 Å². The highest BCUT2D eigenvalue weighted by molar-refractivity contribution is 6.08. The molecule has 2 aliphatic rings. The fourth-order valence-electron chi connectivity index (χ4n) is 3.72. The van der Waals surface area contributed by atoms with Crippen LogP contribution in [-0.4, -0.2) is 22.5 Å². The van der Waals surface area contributed by atoms with Crippen LogP contribution in [0.25, 0.3) is 10.8 Å². The van der Waals surface area contributed by atoms with Gasteiger partial charge in [-0.1, -0.05) is 42.8 Å². The summed E-state index contributed by atoms with van der Waals surface area (Å²) >= 11 is 0. The van der Waals surface area contributed by atoms with Gasteiger partial charge in [-0.15, -0.1) is 5.10 Å². The van der Waals surface area contributed by atoms with Crippen LogP contribution in [-0.2, 0) is 9.53 Å². The number of ether oxygens (including phenoxy) is 1. The van der Waals surface area contributed by atoms with Crippen LogP contribution in [0, 0.1) is 0 Å². The maximum atomic E-state index is 12.1. The number of hydrogen-bond donors (Lipinski definition) is 0. The zero-order chi connectivity index (χ0) is 15.9. The molecule has 118 valence electrons. The molecule has 23 heavy (non-hydrogen) atoms. The molecule has 1 aliphatic carbocycles. The zero-order valence-electron chi connectivity index (χ0n) is 13.3. The second-order valence-corrected chi connectivity index (χ2v) is 6.37. The third-order valence-electron chi connectivity index (χ3n) is 4.82. The molecule has 1 heterocycles. The first-order valence-corrected chi connectivity index (χ1v) is 8.26. The minimum atomic E-state index is -0.573. The molecule has 4 heteroatoms. The lowest BCUT2D eigenvalue weighted by Gasteiger charge is -2.37. The van der Waals surface area contributed by atoms with Gasteiger partial charge in [0.1, 0.15) is 0 Å². The summed E-state index contributed by atoms with van der Waals surface area (Å²) in [6.45, 7) is 1.56. The summed E-state index contributed by atoms with van der Waals surface area (Å²) in [6.07, 6.45) is 5.04. The number of carbonyl (C=O) groups excluding carboxylic acids is 1. The first kappa shape index (κ1) is 14.2. The summed E-state index contributed by atoms with van der Waals surface area (Å²) in [6, 6.07) is 14.3. The van der Waals surface area contributed by atoms with E-state index in [4.69, 9.17) is 4.74 Å². The molecule has 2 aromatic carbocycles. The molecule has 0 N–H and O–H groups in total. The Hall–Kier alpha value is -2.36. The van der Waals surface area contributed by atoms with Crippen molar-refractivity contribution in [1.29, 1.82) is 0 Å². The van der Waals surface area contributed by atoms with Crippen molar-refractivity contribution in [1.82, 2.24) is 5.01 Å². The van der Waals surface area contributed by atoms with Gasteiger partial charge < -0.3 is 4.74 Å². The topological polar surface area (TPSA) is 41.9 Å². The van der Waals surface area contributed by atoms with Crippen LogP contribution < -0.4 is 0 Å². The second-order valence-electron chi connectivity index (χ2n) is 6.37. The average Bonchev–Trinajstić information content (AvgIpc) is 2.94. The maximum absolute atomic E-state index is 12.1. The van der Waals surface area contributed by atoms with Gasteiger partial charge in [-0.3, -0.25) is 4.79 Å². The lowest BCUT2D eigenvalue weighted by Crippen LogP contribution is -2.48. The molecule has 0 saturated heterocycles. The van der Waals surface area contributed by atoms with Crippen LogP contribution >= 0.6 is 0 Å². The predicted octanol–water partition coefficient (Wildman–Crippen LogP) is 4.04. The largest absolute Gasteiger partial charge is 0.447 e. The van der Waals surface area contributed by atoms with Gasteiger partial charge in [0, 0.05) is 25.3 Å². The quantitative estimate of drug-likeness (QED) is 0.798. The zero-order valence-corrected chi connectivity index (χ0v) is 13.3. The Balaban J connectivity index is 1.79. The lowest BCUT2D eigenvalue weighted by atomic mass is 9.91. The Bertz CT molecular complexity index is 786. The van der Waals surface area contributed by atoms with E-state index in [1.54, 1.807) is 11.9 Å². The number of carbonyl (C=O) groups is 1. The smallest absolute Gasteiger partial charge is 0.243 e. The van der Waals surface area contributed by atoms with Crippen LogP contribution in [0.4, 0.5) is 0 Å². The van der Waals surface area contributed by atoms with Gasteiger partial charge in [-0.2, -0.15) is 5.01 Å². The van der Waals surface area contributed by atoms with E-state index in [9.17, 15) is 4.79 Å². The summed E-state index contributed by atoms with van der Waals surface area (Å²) in [4.78, 5) is 12.1. The van der Waals surface area contributed by atoms with Crippen LogP contribution in [0.1, 0.15) is 44.6 Å². The van der Waals surface area contributed by atoms with Crippen molar-refractivity contribution in [3.8, 4) is 0 Å². The maximum Gasteiger partial charge on any atom is 0.243 e. The second kappa shape index (κ2) is 5.37. The van der Waals surface area contributed by atoms with Gasteiger partial charge in [0.2, 0.25) is 17.5 Å². The van der Waals surface area contributed by atoms with E-state index < -0.39 is 5.72 Å². The van der Waals surface area contributed by atoms with Crippen molar-refractivity contribution in [2.24, 2.45) is 5.10 Å². The minimum absolute atomic E-state index is 0.0536. The number of benzene rings is 2. The Kier molecular flexibility index (Phi) is 3.33. The fourth-order valence-corrected chi connectivity index (χ4v) is 3.72. The monoisotopic (exact) mass is 308 g/mol. The molecule has 1 spiro atoms. The number of hydrogen-bond acceptors (Lipinski definition) is 3. The van der Waals surface area contributed by atoms with Crippen LogP contribution in [0.15, 0.2) is 47.6 Å². The van der Waals surface area contributed by atoms with Crippen molar-refractivity contribution in [2.45, 2.75) is 44.8 Å². The summed E-state index contributed by atoms with van der Waals surface area (Å²) in [5, 5.41) is 8.39. The van der Waals surface area contributed by atoms with E-state index in [-0.39, 0.29) is 5.91 Å². The van der Waals surface area contributed by atoms with Crippen molar-refractivity contribution >= 4 is 22.6 Å². The van der Waals surface area contributed by atoms with E-state index in [0.717, 1.165) is 42.0 Å². The van der Waals surface area contributed by atoms with Crippen LogP contribution in [0.2, 0.25) is 0 Å². The summed E-state index contributed by atoms with van der Waals surface area (Å²) in [7, 11) is 0. The van der Waals surface area contributed by atoms with Gasteiger partial charge in [-0.25, -0.2) is 0 Å². The first-order valence-electron chi connectivity index (χ1n) is 8.26.